The summed E-state index contributed by atoms with van der Waals surface area (Å²) in [7, 11) is 0. The first-order valence-electron chi connectivity index (χ1n) is 6.35. The van der Waals surface area contributed by atoms with Crippen LogP contribution in [0.25, 0.3) is 0 Å². The maximum Gasteiger partial charge on any atom is 0.330 e. The first kappa shape index (κ1) is 14.9. The van der Waals surface area contributed by atoms with Gasteiger partial charge in [-0.15, -0.1) is 0 Å². The molecule has 112 valence electrons. The molecule has 20 heavy (non-hydrogen) atoms. The molecule has 2 rings (SSSR count). The molecule has 0 aromatic carbocycles. The molecule has 0 saturated carbocycles. The fourth-order valence-corrected chi connectivity index (χ4v) is 2.21. The van der Waals surface area contributed by atoms with Crippen molar-refractivity contribution in [3.8, 4) is 0 Å². The van der Waals surface area contributed by atoms with Gasteiger partial charge < -0.3 is 19.7 Å². The van der Waals surface area contributed by atoms with E-state index in [4.69, 9.17) is 9.47 Å². The monoisotopic (exact) mass is 286 g/mol. The van der Waals surface area contributed by atoms with Crippen LogP contribution in [0.15, 0.2) is 21.9 Å². The smallest absolute Gasteiger partial charge is 0.330 e. The van der Waals surface area contributed by atoms with E-state index in [1.807, 2.05) is 0 Å². The third kappa shape index (κ3) is 2.83. The van der Waals surface area contributed by atoms with Crippen molar-refractivity contribution in [1.82, 2.24) is 9.55 Å². The molecule has 1 fully saturated rings. The average molecular weight is 286 g/mol. The van der Waals surface area contributed by atoms with Crippen molar-refractivity contribution in [2.24, 2.45) is 0 Å². The van der Waals surface area contributed by atoms with Gasteiger partial charge in [-0.25, -0.2) is 4.79 Å². The van der Waals surface area contributed by atoms with Crippen LogP contribution < -0.4 is 11.2 Å². The third-order valence-corrected chi connectivity index (χ3v) is 3.04. The van der Waals surface area contributed by atoms with E-state index in [1.165, 1.54) is 6.20 Å². The number of aromatic amines is 1. The number of H-pyrrole nitrogens is 1. The number of nitrogens with one attached hydrogen (secondary N) is 1. The summed E-state index contributed by atoms with van der Waals surface area (Å²) >= 11 is 0. The Kier molecular flexibility index (Phi) is 4.39. The second-order valence-electron chi connectivity index (χ2n) is 4.91. The topological polar surface area (TPSA) is 114 Å². The lowest BCUT2D eigenvalue weighted by Gasteiger charge is -2.22. The minimum atomic E-state index is -1.13. The second kappa shape index (κ2) is 5.88. The van der Waals surface area contributed by atoms with E-state index < -0.39 is 35.8 Å². The highest BCUT2D eigenvalue weighted by atomic mass is 16.6. The van der Waals surface area contributed by atoms with Crippen molar-refractivity contribution in [3.63, 3.8) is 0 Å². The molecule has 1 aromatic rings. The number of nitrogens with zero attached hydrogens (tertiary/aromatic N) is 1. The quantitative estimate of drug-likeness (QED) is 0.626. The maximum atomic E-state index is 11.7. The van der Waals surface area contributed by atoms with Gasteiger partial charge in [-0.1, -0.05) is 0 Å². The summed E-state index contributed by atoms with van der Waals surface area (Å²) in [5.74, 6) is 0. The van der Waals surface area contributed by atoms with Crippen molar-refractivity contribution >= 4 is 0 Å². The van der Waals surface area contributed by atoms with Crippen molar-refractivity contribution in [2.45, 2.75) is 44.5 Å². The molecule has 1 aliphatic rings. The molecule has 4 atom stereocenters. The van der Waals surface area contributed by atoms with E-state index in [0.717, 1.165) is 10.6 Å². The van der Waals surface area contributed by atoms with Crippen LogP contribution in [0.2, 0.25) is 0 Å². The van der Waals surface area contributed by atoms with Crippen LogP contribution >= 0.6 is 0 Å². The highest BCUT2D eigenvalue weighted by Crippen LogP contribution is 2.30. The molecule has 1 saturated heterocycles. The Hall–Kier alpha value is -1.48. The molecular weight excluding hydrogens is 268 g/mol. The van der Waals surface area contributed by atoms with Crippen LogP contribution in [0.5, 0.6) is 0 Å². The zero-order valence-electron chi connectivity index (χ0n) is 11.2. The lowest BCUT2D eigenvalue weighted by molar-refractivity contribution is -0.0789. The van der Waals surface area contributed by atoms with Crippen LogP contribution in [0.3, 0.4) is 0 Å². The number of hydrogen-bond acceptors (Lipinski definition) is 6. The molecule has 0 bridgehead atoms. The number of aromatic nitrogens is 2. The van der Waals surface area contributed by atoms with Crippen LogP contribution in [0, 0.1) is 0 Å². The molecule has 0 radical (unpaired) electrons. The number of aliphatic hydroxyl groups excluding tert-OH is 2. The molecule has 0 amide bonds. The highest BCUT2D eigenvalue weighted by Gasteiger charge is 2.45. The van der Waals surface area contributed by atoms with Gasteiger partial charge >= 0.3 is 5.69 Å². The second-order valence-corrected chi connectivity index (χ2v) is 4.91. The SMILES string of the molecule is CC(C)OC1C(CO)OC(n2ccc(=O)[nH]c2=O)C1O. The van der Waals surface area contributed by atoms with E-state index in [0.29, 0.717) is 0 Å². The lowest BCUT2D eigenvalue weighted by Crippen LogP contribution is -2.40. The van der Waals surface area contributed by atoms with Crippen molar-refractivity contribution in [1.29, 1.82) is 0 Å². The largest absolute Gasteiger partial charge is 0.394 e. The van der Waals surface area contributed by atoms with E-state index in [2.05, 4.69) is 4.98 Å². The van der Waals surface area contributed by atoms with Gasteiger partial charge in [0.15, 0.2) is 6.23 Å². The highest BCUT2D eigenvalue weighted by molar-refractivity contribution is 4.94. The maximum absolute atomic E-state index is 11.7. The Balaban J connectivity index is 2.29. The fraction of sp³-hybridized carbons (Fsp3) is 0.667. The summed E-state index contributed by atoms with van der Waals surface area (Å²) in [4.78, 5) is 24.8. The summed E-state index contributed by atoms with van der Waals surface area (Å²) < 4.78 is 12.0. The Morgan fingerprint density at radius 1 is 1.50 bits per heavy atom. The zero-order valence-corrected chi connectivity index (χ0v) is 11.2. The van der Waals surface area contributed by atoms with Gasteiger partial charge in [0.05, 0.1) is 12.7 Å². The van der Waals surface area contributed by atoms with E-state index in [9.17, 15) is 19.8 Å². The molecule has 4 unspecified atom stereocenters. The van der Waals surface area contributed by atoms with Crippen LogP contribution in [0.1, 0.15) is 20.1 Å². The first-order chi connectivity index (χ1) is 9.43. The van der Waals surface area contributed by atoms with Crippen molar-refractivity contribution in [2.75, 3.05) is 6.61 Å². The van der Waals surface area contributed by atoms with Gasteiger partial charge in [0, 0.05) is 12.3 Å². The normalized spacial score (nSPS) is 30.1. The standard InChI is InChI=1S/C12H18N2O6/c1-6(2)19-10-7(5-15)20-11(9(10)17)14-4-3-8(16)13-12(14)18/h3-4,6-7,9-11,15,17H,5H2,1-2H3,(H,13,16,18). The van der Waals surface area contributed by atoms with Crippen molar-refractivity contribution in [3.05, 3.63) is 33.1 Å². The third-order valence-electron chi connectivity index (χ3n) is 3.04. The number of hydrogen-bond donors (Lipinski definition) is 3. The number of aliphatic hydroxyl groups is 2. The first-order valence-corrected chi connectivity index (χ1v) is 6.35. The number of rotatable bonds is 4. The molecule has 2 heterocycles. The van der Waals surface area contributed by atoms with Gasteiger partial charge in [0.25, 0.3) is 5.56 Å². The van der Waals surface area contributed by atoms with Gasteiger partial charge in [-0.05, 0) is 13.8 Å². The van der Waals surface area contributed by atoms with Gasteiger partial charge in [0.2, 0.25) is 0 Å². The molecule has 0 spiro atoms. The summed E-state index contributed by atoms with van der Waals surface area (Å²) in [5.41, 5.74) is -1.23. The average Bonchev–Trinajstić information content (AvgIpc) is 2.67. The molecular formula is C12H18N2O6. The summed E-state index contributed by atoms with van der Waals surface area (Å²) in [6, 6.07) is 1.15. The zero-order chi connectivity index (χ0) is 14.9. The Bertz CT molecular complexity index is 566. The molecule has 0 aliphatic carbocycles. The summed E-state index contributed by atoms with van der Waals surface area (Å²) in [6.07, 6.45) is -2.56. The number of ether oxygens (including phenoxy) is 2. The lowest BCUT2D eigenvalue weighted by atomic mass is 10.1. The molecule has 1 aliphatic heterocycles. The summed E-state index contributed by atoms with van der Waals surface area (Å²) in [6.45, 7) is 3.24. The van der Waals surface area contributed by atoms with Crippen LogP contribution in [-0.4, -0.2) is 50.8 Å². The van der Waals surface area contributed by atoms with Gasteiger partial charge in [-0.3, -0.25) is 14.3 Å². The molecule has 8 heteroatoms. The van der Waals surface area contributed by atoms with E-state index in [1.54, 1.807) is 13.8 Å². The van der Waals surface area contributed by atoms with E-state index >= 15 is 0 Å². The Morgan fingerprint density at radius 3 is 2.75 bits per heavy atom. The van der Waals surface area contributed by atoms with E-state index in [-0.39, 0.29) is 12.7 Å². The van der Waals surface area contributed by atoms with Gasteiger partial charge in [-0.2, -0.15) is 0 Å². The minimum Gasteiger partial charge on any atom is -0.394 e. The summed E-state index contributed by atoms with van der Waals surface area (Å²) in [5, 5.41) is 19.5. The predicted molar refractivity (Wildman–Crippen MR) is 68.3 cm³/mol. The van der Waals surface area contributed by atoms with Gasteiger partial charge in [0.1, 0.15) is 18.3 Å². The van der Waals surface area contributed by atoms with Crippen molar-refractivity contribution < 1.29 is 19.7 Å². The molecule has 8 nitrogen and oxygen atoms in total. The molecule has 3 N–H and O–H groups in total. The molecule has 1 aromatic heterocycles. The fourth-order valence-electron chi connectivity index (χ4n) is 2.21. The predicted octanol–water partition coefficient (Wildman–Crippen LogP) is -1.42. The Morgan fingerprint density at radius 2 is 2.20 bits per heavy atom. The van der Waals surface area contributed by atoms with Crippen LogP contribution in [0.4, 0.5) is 0 Å². The van der Waals surface area contributed by atoms with Crippen LogP contribution in [-0.2, 0) is 9.47 Å². The Labute approximate surface area is 114 Å². The minimum absolute atomic E-state index is 0.168.